The largest absolute Gasteiger partial charge is 0.394 e. The van der Waals surface area contributed by atoms with Crippen LogP contribution in [0.15, 0.2) is 42.5 Å². The molecule has 1 amide bonds. The number of nitrogens with zero attached hydrogens (tertiary/aromatic N) is 1. The molecule has 32 heavy (non-hydrogen) atoms. The molecule has 8 nitrogen and oxygen atoms in total. The fourth-order valence-corrected chi connectivity index (χ4v) is 4.33. The molecule has 6 atom stereocenters. The first-order valence-electron chi connectivity index (χ1n) is 10.0. The monoisotopic (exact) mass is 484 g/mol. The van der Waals surface area contributed by atoms with Gasteiger partial charge in [-0.05, 0) is 48.0 Å². The summed E-state index contributed by atoms with van der Waals surface area (Å²) in [4.78, 5) is 14.4. The third-order valence-corrected chi connectivity index (χ3v) is 6.42. The van der Waals surface area contributed by atoms with Crippen molar-refractivity contribution in [3.8, 4) is 0 Å². The predicted molar refractivity (Wildman–Crippen MR) is 121 cm³/mol. The van der Waals surface area contributed by atoms with Gasteiger partial charge >= 0.3 is 0 Å². The fourth-order valence-electron chi connectivity index (χ4n) is 3.80. The number of halogens is 2. The van der Waals surface area contributed by atoms with Gasteiger partial charge < -0.3 is 30.8 Å². The summed E-state index contributed by atoms with van der Waals surface area (Å²) in [7, 11) is 1.91. The predicted octanol–water partition coefficient (Wildman–Crippen LogP) is 0.857. The number of nitrogens with one attached hydrogen (secondary N) is 1. The summed E-state index contributed by atoms with van der Waals surface area (Å²) >= 11 is 12.9. The smallest absolute Gasteiger partial charge is 0.256 e. The molecule has 0 radical (unpaired) electrons. The number of likely N-dealkylation sites (N-methyl/N-ethyl adjacent to an activating group) is 1. The summed E-state index contributed by atoms with van der Waals surface area (Å²) in [6.07, 6.45) is -7.63. The third-order valence-electron chi connectivity index (χ3n) is 5.60. The maximum Gasteiger partial charge on any atom is 0.256 e. The minimum atomic E-state index is -2.03. The Hall–Kier alpha value is -1.75. The van der Waals surface area contributed by atoms with Crippen LogP contribution in [0.25, 0.3) is 0 Å². The second-order valence-electron chi connectivity index (χ2n) is 7.90. The second-order valence-corrected chi connectivity index (χ2v) is 8.78. The van der Waals surface area contributed by atoms with Crippen molar-refractivity contribution in [3.63, 3.8) is 0 Å². The van der Waals surface area contributed by atoms with E-state index in [0.717, 1.165) is 16.7 Å². The lowest BCUT2D eigenvalue weighted by atomic mass is 9.84. The summed E-state index contributed by atoms with van der Waals surface area (Å²) < 4.78 is 0. The number of rotatable bonds is 7. The van der Waals surface area contributed by atoms with Gasteiger partial charge in [-0.15, -0.1) is 11.6 Å². The van der Waals surface area contributed by atoms with E-state index in [9.17, 15) is 25.2 Å². The van der Waals surface area contributed by atoms with Crippen molar-refractivity contribution in [1.82, 2.24) is 4.90 Å². The molecule has 0 bridgehead atoms. The Labute approximate surface area is 195 Å². The second kappa shape index (κ2) is 10.5. The summed E-state index contributed by atoms with van der Waals surface area (Å²) in [5.41, 5.74) is 2.86. The Morgan fingerprint density at radius 2 is 1.88 bits per heavy atom. The lowest BCUT2D eigenvalue weighted by molar-refractivity contribution is -0.144. The normalized spacial score (nSPS) is 22.5. The van der Waals surface area contributed by atoms with E-state index in [4.69, 9.17) is 28.3 Å². The quantitative estimate of drug-likeness (QED) is 0.253. The molecular weight excluding hydrogens is 459 g/mol. The average Bonchev–Trinajstić information content (AvgIpc) is 2.78. The van der Waals surface area contributed by atoms with Gasteiger partial charge in [0.25, 0.3) is 5.91 Å². The zero-order chi connectivity index (χ0) is 23.6. The maximum atomic E-state index is 12.4. The number of carbonyl (C=O) groups excluding carboxylic acids is 1. The standard InChI is InChI=1S/C22H26Cl2N2O6/c1-26-9-12-5-6-13(23)8-15(12)17(21(26)24)11-3-2-4-14(7-11)25-22(32)20(31)19(30)18(29)16(28)10-27/h2-8,16-21,27-31H,9-10H2,1H3,(H,25,32)/t16-,17?,18-,19+,20-,21+/m1/s1. The Morgan fingerprint density at radius 3 is 2.56 bits per heavy atom. The molecule has 2 aromatic rings. The molecule has 1 unspecified atom stereocenters. The highest BCUT2D eigenvalue weighted by Crippen LogP contribution is 2.40. The summed E-state index contributed by atoms with van der Waals surface area (Å²) in [5.74, 6) is -1.22. The number of aliphatic hydroxyl groups excluding tert-OH is 5. The van der Waals surface area contributed by atoms with Gasteiger partial charge in [-0.2, -0.15) is 0 Å². The summed E-state index contributed by atoms with van der Waals surface area (Å²) in [6, 6.07) is 12.6. The van der Waals surface area contributed by atoms with Gasteiger partial charge in [0.1, 0.15) is 18.3 Å². The van der Waals surface area contributed by atoms with Crippen molar-refractivity contribution in [2.24, 2.45) is 0 Å². The number of benzene rings is 2. The van der Waals surface area contributed by atoms with Crippen LogP contribution in [0.5, 0.6) is 0 Å². The highest BCUT2D eigenvalue weighted by molar-refractivity contribution is 6.30. The van der Waals surface area contributed by atoms with E-state index in [1.165, 1.54) is 0 Å². The number of alkyl halides is 1. The maximum absolute atomic E-state index is 12.4. The van der Waals surface area contributed by atoms with E-state index in [2.05, 4.69) is 5.32 Å². The number of amides is 1. The Bertz CT molecular complexity index is 962. The Morgan fingerprint density at radius 1 is 1.16 bits per heavy atom. The van der Waals surface area contributed by atoms with E-state index in [1.54, 1.807) is 18.2 Å². The topological polar surface area (TPSA) is 133 Å². The SMILES string of the molecule is CN1Cc2ccc(Cl)cc2C(c2cccc(NC(=O)[C@H](O)[C@@H](O)[C@H](O)[C@H](O)CO)c2)[C@H]1Cl. The summed E-state index contributed by atoms with van der Waals surface area (Å²) in [6.45, 7) is -0.171. The molecule has 10 heteroatoms. The first-order chi connectivity index (χ1) is 15.1. The number of carbonyl (C=O) groups is 1. The molecule has 3 rings (SSSR count). The fraction of sp³-hybridized carbons (Fsp3) is 0.409. The van der Waals surface area contributed by atoms with Crippen LogP contribution >= 0.6 is 23.2 Å². The number of aliphatic hydroxyl groups is 5. The van der Waals surface area contributed by atoms with Crippen molar-refractivity contribution in [1.29, 1.82) is 0 Å². The van der Waals surface area contributed by atoms with E-state index < -0.39 is 36.9 Å². The molecule has 174 valence electrons. The van der Waals surface area contributed by atoms with Crippen LogP contribution < -0.4 is 5.32 Å². The molecule has 0 aromatic heterocycles. The van der Waals surface area contributed by atoms with Crippen LogP contribution in [0, 0.1) is 0 Å². The first kappa shape index (κ1) is 24.9. The molecule has 1 aliphatic rings. The van der Waals surface area contributed by atoms with Gasteiger partial charge in [-0.3, -0.25) is 9.69 Å². The van der Waals surface area contributed by atoms with Crippen molar-refractivity contribution >= 4 is 34.8 Å². The van der Waals surface area contributed by atoms with E-state index >= 15 is 0 Å². The molecule has 0 fully saturated rings. The molecule has 0 spiro atoms. The highest BCUT2D eigenvalue weighted by Gasteiger charge is 2.35. The van der Waals surface area contributed by atoms with Crippen LogP contribution in [0.2, 0.25) is 5.02 Å². The minimum absolute atomic E-state index is 0.238. The van der Waals surface area contributed by atoms with Gasteiger partial charge in [-0.25, -0.2) is 0 Å². The molecule has 6 N–H and O–H groups in total. The van der Waals surface area contributed by atoms with Crippen LogP contribution in [0.3, 0.4) is 0 Å². The number of anilines is 1. The van der Waals surface area contributed by atoms with Crippen LogP contribution in [0.1, 0.15) is 22.6 Å². The van der Waals surface area contributed by atoms with Gasteiger partial charge in [-0.1, -0.05) is 29.8 Å². The molecular formula is C22H26Cl2N2O6. The lowest BCUT2D eigenvalue weighted by Gasteiger charge is -2.37. The molecule has 0 aliphatic carbocycles. The number of fused-ring (bicyclic) bond motifs is 1. The van der Waals surface area contributed by atoms with Crippen LogP contribution in [-0.4, -0.2) is 79.9 Å². The van der Waals surface area contributed by atoms with Gasteiger partial charge in [0, 0.05) is 23.2 Å². The van der Waals surface area contributed by atoms with Crippen molar-refractivity contribution in [2.75, 3.05) is 19.0 Å². The van der Waals surface area contributed by atoms with E-state index in [0.29, 0.717) is 17.3 Å². The minimum Gasteiger partial charge on any atom is -0.394 e. The van der Waals surface area contributed by atoms with Gasteiger partial charge in [0.15, 0.2) is 6.10 Å². The Balaban J connectivity index is 1.83. The van der Waals surface area contributed by atoms with Crippen molar-refractivity contribution in [3.05, 3.63) is 64.2 Å². The third kappa shape index (κ3) is 5.24. The first-order valence-corrected chi connectivity index (χ1v) is 10.8. The van der Waals surface area contributed by atoms with Crippen LogP contribution in [0.4, 0.5) is 5.69 Å². The average molecular weight is 485 g/mol. The van der Waals surface area contributed by atoms with Crippen LogP contribution in [-0.2, 0) is 11.3 Å². The van der Waals surface area contributed by atoms with Gasteiger partial charge in [0.2, 0.25) is 0 Å². The Kier molecular flexibility index (Phi) is 8.13. The number of hydrogen-bond acceptors (Lipinski definition) is 7. The highest BCUT2D eigenvalue weighted by atomic mass is 35.5. The summed E-state index contributed by atoms with van der Waals surface area (Å²) in [5, 5.41) is 51.1. The zero-order valence-electron chi connectivity index (χ0n) is 17.3. The van der Waals surface area contributed by atoms with Gasteiger partial charge in [0.05, 0.1) is 12.1 Å². The molecule has 2 aromatic carbocycles. The molecule has 1 aliphatic heterocycles. The molecule has 1 heterocycles. The van der Waals surface area contributed by atoms with Crippen molar-refractivity contribution < 1.29 is 30.3 Å². The van der Waals surface area contributed by atoms with E-state index in [1.807, 2.05) is 36.2 Å². The van der Waals surface area contributed by atoms with Crippen molar-refractivity contribution in [2.45, 2.75) is 42.4 Å². The zero-order valence-corrected chi connectivity index (χ0v) is 18.8. The number of hydrogen-bond donors (Lipinski definition) is 6. The molecule has 0 saturated heterocycles. The van der Waals surface area contributed by atoms with E-state index in [-0.39, 0.29) is 11.4 Å². The lowest BCUT2D eigenvalue weighted by Crippen LogP contribution is -2.50. The molecule has 0 saturated carbocycles.